The fourth-order valence-corrected chi connectivity index (χ4v) is 4.34. The van der Waals surface area contributed by atoms with Gasteiger partial charge in [-0.25, -0.2) is 0 Å². The van der Waals surface area contributed by atoms with Crippen LogP contribution in [0, 0.1) is 0 Å². The van der Waals surface area contributed by atoms with E-state index in [1.807, 2.05) is 19.2 Å². The predicted molar refractivity (Wildman–Crippen MR) is 90.3 cm³/mol. The van der Waals surface area contributed by atoms with Crippen molar-refractivity contribution in [1.82, 2.24) is 4.90 Å². The van der Waals surface area contributed by atoms with Crippen molar-refractivity contribution in [3.8, 4) is 34.1 Å². The molecule has 0 amide bonds. The Morgan fingerprint density at radius 2 is 2.08 bits per heavy atom. The van der Waals surface area contributed by atoms with Gasteiger partial charge in [0.1, 0.15) is 0 Å². The van der Waals surface area contributed by atoms with Crippen molar-refractivity contribution in [2.75, 3.05) is 27.5 Å². The molecular weight excluding hydrogens is 322 g/mol. The summed E-state index contributed by atoms with van der Waals surface area (Å²) < 4.78 is 16.7. The van der Waals surface area contributed by atoms with E-state index >= 15 is 0 Å². The average Bonchev–Trinajstić information content (AvgIpc) is 3.06. The fourth-order valence-electron chi connectivity index (χ4n) is 4.34. The summed E-state index contributed by atoms with van der Waals surface area (Å²) >= 11 is 0. The molecule has 6 heteroatoms. The van der Waals surface area contributed by atoms with E-state index in [-0.39, 0.29) is 18.6 Å². The van der Waals surface area contributed by atoms with Crippen LogP contribution in [0.4, 0.5) is 0 Å². The minimum atomic E-state index is -0.565. The third kappa shape index (κ3) is 1.92. The number of aliphatic hydroxyl groups excluding tert-OH is 1. The number of fused-ring (bicyclic) bond motifs is 4. The molecule has 0 radical (unpaired) electrons. The average molecular weight is 341 g/mol. The van der Waals surface area contributed by atoms with Crippen molar-refractivity contribution in [3.63, 3.8) is 0 Å². The first-order valence-corrected chi connectivity index (χ1v) is 8.33. The number of aliphatic hydroxyl groups is 1. The lowest BCUT2D eigenvalue weighted by molar-refractivity contribution is 0.0831. The summed E-state index contributed by atoms with van der Waals surface area (Å²) in [4.78, 5) is 2.16. The van der Waals surface area contributed by atoms with Crippen molar-refractivity contribution < 1.29 is 24.4 Å². The van der Waals surface area contributed by atoms with E-state index in [1.165, 1.54) is 7.11 Å². The van der Waals surface area contributed by atoms with Crippen LogP contribution in [0.3, 0.4) is 0 Å². The molecule has 3 aliphatic rings. The summed E-state index contributed by atoms with van der Waals surface area (Å²) in [6.07, 6.45) is 0.195. The Labute approximate surface area is 145 Å². The highest BCUT2D eigenvalue weighted by atomic mass is 16.7. The number of hydrogen-bond acceptors (Lipinski definition) is 6. The molecule has 1 unspecified atom stereocenters. The van der Waals surface area contributed by atoms with E-state index < -0.39 is 6.10 Å². The molecule has 2 atom stereocenters. The zero-order chi connectivity index (χ0) is 17.3. The molecule has 25 heavy (non-hydrogen) atoms. The molecule has 130 valence electrons. The number of ether oxygens (including phenoxy) is 3. The standard InChI is InChI=1S/C19H19NO5/c1-20-7-14(22)11-6-16-19(25-8-24-16)18-10-5-15(23-2)13(21)4-9(10)3-12(20)17(11)18/h4-6,12,14,21-22H,3,7-8H2,1-2H3/t12-,14?/m0/s1. The number of nitrogens with zero attached hydrogens (tertiary/aromatic N) is 1. The van der Waals surface area contributed by atoms with Gasteiger partial charge < -0.3 is 24.4 Å². The van der Waals surface area contributed by atoms with Gasteiger partial charge in [0.15, 0.2) is 23.0 Å². The number of aromatic hydroxyl groups is 1. The van der Waals surface area contributed by atoms with Crippen molar-refractivity contribution in [2.45, 2.75) is 18.6 Å². The normalized spacial score (nSPS) is 23.2. The number of likely N-dealkylation sites (N-methyl/N-ethyl adjacent to an activating group) is 1. The Balaban J connectivity index is 1.87. The van der Waals surface area contributed by atoms with E-state index in [0.717, 1.165) is 34.2 Å². The van der Waals surface area contributed by atoms with Crippen LogP contribution in [0.5, 0.6) is 23.0 Å². The van der Waals surface area contributed by atoms with Crippen LogP contribution < -0.4 is 14.2 Å². The highest BCUT2D eigenvalue weighted by Crippen LogP contribution is 2.56. The van der Waals surface area contributed by atoms with Crippen LogP contribution in [-0.4, -0.2) is 42.6 Å². The third-order valence-electron chi connectivity index (χ3n) is 5.51. The number of hydrogen-bond donors (Lipinski definition) is 2. The van der Waals surface area contributed by atoms with E-state index in [1.54, 1.807) is 6.07 Å². The van der Waals surface area contributed by atoms with Crippen molar-refractivity contribution in [2.24, 2.45) is 0 Å². The number of β-amino-alcohol motifs (C(OH)–C–C–N with tert-alkyl or cyclic N) is 1. The molecule has 0 saturated heterocycles. The molecule has 0 saturated carbocycles. The van der Waals surface area contributed by atoms with E-state index in [2.05, 4.69) is 4.90 Å². The van der Waals surface area contributed by atoms with Crippen molar-refractivity contribution in [1.29, 1.82) is 0 Å². The molecule has 2 aromatic carbocycles. The summed E-state index contributed by atoms with van der Waals surface area (Å²) in [6, 6.07) is 5.65. The van der Waals surface area contributed by atoms with Gasteiger partial charge in [0.05, 0.1) is 13.2 Å². The minimum absolute atomic E-state index is 0.128. The Hall–Kier alpha value is -2.44. The first-order chi connectivity index (χ1) is 12.1. The predicted octanol–water partition coefficient (Wildman–Crippen LogP) is 2.37. The monoisotopic (exact) mass is 341 g/mol. The first-order valence-electron chi connectivity index (χ1n) is 8.33. The first kappa shape index (κ1) is 14.9. The number of benzene rings is 2. The highest BCUT2D eigenvalue weighted by molar-refractivity contribution is 5.85. The van der Waals surface area contributed by atoms with Crippen molar-refractivity contribution in [3.05, 3.63) is 34.9 Å². The van der Waals surface area contributed by atoms with Crippen LogP contribution in [0.2, 0.25) is 0 Å². The van der Waals surface area contributed by atoms with Gasteiger partial charge in [-0.15, -0.1) is 0 Å². The summed E-state index contributed by atoms with van der Waals surface area (Å²) in [5.74, 6) is 1.93. The SMILES string of the molecule is COc1cc2c(cc1O)C[C@H]1c3c(cc4c(c3-2)OCO4)C(O)CN1C. The lowest BCUT2D eigenvalue weighted by atomic mass is 9.76. The zero-order valence-corrected chi connectivity index (χ0v) is 14.1. The Morgan fingerprint density at radius 3 is 2.88 bits per heavy atom. The lowest BCUT2D eigenvalue weighted by Crippen LogP contribution is -2.38. The Kier molecular flexibility index (Phi) is 2.99. The maximum absolute atomic E-state index is 10.6. The summed E-state index contributed by atoms with van der Waals surface area (Å²) in [5, 5.41) is 20.8. The maximum atomic E-state index is 10.6. The molecule has 2 aliphatic heterocycles. The number of rotatable bonds is 1. The van der Waals surface area contributed by atoms with Gasteiger partial charge in [-0.05, 0) is 53.9 Å². The molecule has 6 nitrogen and oxygen atoms in total. The molecule has 5 rings (SSSR count). The van der Waals surface area contributed by atoms with Gasteiger partial charge in [0.2, 0.25) is 6.79 Å². The molecule has 2 aromatic rings. The van der Waals surface area contributed by atoms with Crippen LogP contribution in [-0.2, 0) is 6.42 Å². The molecule has 0 aromatic heterocycles. The summed E-state index contributed by atoms with van der Waals surface area (Å²) in [6.45, 7) is 0.737. The highest BCUT2D eigenvalue weighted by Gasteiger charge is 2.40. The van der Waals surface area contributed by atoms with Gasteiger partial charge in [0, 0.05) is 18.2 Å². The number of methoxy groups -OCH3 is 1. The van der Waals surface area contributed by atoms with Crippen LogP contribution in [0.1, 0.15) is 28.8 Å². The maximum Gasteiger partial charge on any atom is 0.231 e. The quantitative estimate of drug-likeness (QED) is 0.830. The van der Waals surface area contributed by atoms with E-state index in [9.17, 15) is 10.2 Å². The molecule has 0 fully saturated rings. The molecule has 2 heterocycles. The molecule has 0 bridgehead atoms. The summed E-state index contributed by atoms with van der Waals surface area (Å²) in [5.41, 5.74) is 4.94. The van der Waals surface area contributed by atoms with Crippen molar-refractivity contribution >= 4 is 0 Å². The molecule has 1 aliphatic carbocycles. The second-order valence-electron chi connectivity index (χ2n) is 6.84. The van der Waals surface area contributed by atoms with Gasteiger partial charge >= 0.3 is 0 Å². The smallest absolute Gasteiger partial charge is 0.231 e. The second-order valence-corrected chi connectivity index (χ2v) is 6.84. The van der Waals surface area contributed by atoms with Gasteiger partial charge in [0.25, 0.3) is 0 Å². The Bertz CT molecular complexity index is 894. The van der Waals surface area contributed by atoms with Crippen LogP contribution in [0.25, 0.3) is 11.1 Å². The van der Waals surface area contributed by atoms with Crippen LogP contribution >= 0.6 is 0 Å². The lowest BCUT2D eigenvalue weighted by Gasteiger charge is -2.41. The van der Waals surface area contributed by atoms with Gasteiger partial charge in [-0.3, -0.25) is 4.90 Å². The molecular formula is C19H19NO5. The molecule has 0 spiro atoms. The second kappa shape index (κ2) is 5.03. The topological polar surface area (TPSA) is 71.4 Å². The van der Waals surface area contributed by atoms with Crippen LogP contribution in [0.15, 0.2) is 18.2 Å². The minimum Gasteiger partial charge on any atom is -0.504 e. The van der Waals surface area contributed by atoms with Gasteiger partial charge in [-0.2, -0.15) is 0 Å². The van der Waals surface area contributed by atoms with E-state index in [0.29, 0.717) is 23.8 Å². The summed E-state index contributed by atoms with van der Waals surface area (Å²) in [7, 11) is 3.55. The number of phenols is 1. The number of phenolic OH excluding ortho intramolecular Hbond substituents is 1. The zero-order valence-electron chi connectivity index (χ0n) is 14.1. The molecule has 2 N–H and O–H groups in total. The fraction of sp³-hybridized carbons (Fsp3) is 0.368. The largest absolute Gasteiger partial charge is 0.504 e. The van der Waals surface area contributed by atoms with Gasteiger partial charge in [-0.1, -0.05) is 0 Å². The van der Waals surface area contributed by atoms with E-state index in [4.69, 9.17) is 14.2 Å². The third-order valence-corrected chi connectivity index (χ3v) is 5.51. The Morgan fingerprint density at radius 1 is 1.24 bits per heavy atom.